The summed E-state index contributed by atoms with van der Waals surface area (Å²) in [5, 5.41) is 19.7. The van der Waals surface area contributed by atoms with E-state index in [4.69, 9.17) is 10.6 Å². The minimum absolute atomic E-state index is 0.149. The number of aromatic nitrogens is 2. The Morgan fingerprint density at radius 2 is 2.06 bits per heavy atom. The lowest BCUT2D eigenvalue weighted by atomic mass is 10.2. The number of anilines is 1. The maximum absolute atomic E-state index is 8.89. The van der Waals surface area contributed by atoms with Gasteiger partial charge in [0.25, 0.3) is 0 Å². The number of hydrogen-bond donors (Lipinski definition) is 4. The van der Waals surface area contributed by atoms with Gasteiger partial charge in [0.1, 0.15) is 12.2 Å². The minimum atomic E-state index is 0.149. The number of rotatable bonds is 4. The van der Waals surface area contributed by atoms with E-state index in [0.717, 1.165) is 5.56 Å². The molecule has 0 saturated heterocycles. The SMILES string of the molecule is N=C(NCc1ccccc1)c1cncnc1NO. The molecule has 0 bridgehead atoms. The predicted octanol–water partition coefficient (Wildman–Crippen LogP) is 1.39. The third kappa shape index (κ3) is 2.80. The normalized spacial score (nSPS) is 9.83. The van der Waals surface area contributed by atoms with Crippen molar-refractivity contribution in [1.29, 1.82) is 5.41 Å². The van der Waals surface area contributed by atoms with E-state index >= 15 is 0 Å². The van der Waals surface area contributed by atoms with E-state index in [2.05, 4.69) is 15.3 Å². The Morgan fingerprint density at radius 3 is 2.78 bits per heavy atom. The second-order valence-electron chi connectivity index (χ2n) is 3.61. The molecule has 92 valence electrons. The molecule has 2 rings (SSSR count). The van der Waals surface area contributed by atoms with Crippen molar-refractivity contribution in [3.8, 4) is 0 Å². The molecule has 0 fully saturated rings. The standard InChI is InChI=1S/C12H13N5O/c13-11(10-7-14-8-16-12(10)17-18)15-6-9-4-2-1-3-5-9/h1-5,7-8,18H,6H2,(H2,13,15)(H,14,16,17). The van der Waals surface area contributed by atoms with Crippen molar-refractivity contribution in [1.82, 2.24) is 15.3 Å². The van der Waals surface area contributed by atoms with Crippen LogP contribution in [0, 0.1) is 5.41 Å². The molecule has 1 aromatic carbocycles. The van der Waals surface area contributed by atoms with Crippen molar-refractivity contribution in [3.05, 3.63) is 54.0 Å². The molecule has 0 spiro atoms. The Hall–Kier alpha value is -2.47. The van der Waals surface area contributed by atoms with Crippen molar-refractivity contribution in [2.24, 2.45) is 0 Å². The van der Waals surface area contributed by atoms with Crippen molar-refractivity contribution >= 4 is 11.7 Å². The molecule has 0 atom stereocenters. The van der Waals surface area contributed by atoms with Crippen LogP contribution in [0.4, 0.5) is 5.82 Å². The van der Waals surface area contributed by atoms with Gasteiger partial charge in [-0.3, -0.25) is 16.1 Å². The number of hydrogen-bond acceptors (Lipinski definition) is 5. The van der Waals surface area contributed by atoms with Crippen LogP contribution in [0.15, 0.2) is 42.9 Å². The van der Waals surface area contributed by atoms with Gasteiger partial charge in [-0.05, 0) is 5.56 Å². The smallest absolute Gasteiger partial charge is 0.163 e. The van der Waals surface area contributed by atoms with Crippen molar-refractivity contribution in [2.75, 3.05) is 5.48 Å². The zero-order chi connectivity index (χ0) is 12.8. The van der Waals surface area contributed by atoms with Crippen LogP contribution < -0.4 is 10.8 Å². The van der Waals surface area contributed by atoms with Crippen molar-refractivity contribution in [3.63, 3.8) is 0 Å². The van der Waals surface area contributed by atoms with Gasteiger partial charge in [0.05, 0.1) is 5.56 Å². The first-order valence-corrected chi connectivity index (χ1v) is 5.38. The lowest BCUT2D eigenvalue weighted by Crippen LogP contribution is -2.24. The zero-order valence-corrected chi connectivity index (χ0v) is 9.59. The molecule has 0 aliphatic carbocycles. The average molecular weight is 243 g/mol. The molecule has 0 aliphatic rings. The van der Waals surface area contributed by atoms with Gasteiger partial charge in [-0.25, -0.2) is 9.97 Å². The molecule has 18 heavy (non-hydrogen) atoms. The van der Waals surface area contributed by atoms with Crippen LogP contribution >= 0.6 is 0 Å². The Kier molecular flexibility index (Phi) is 3.83. The molecule has 2 aromatic rings. The summed E-state index contributed by atoms with van der Waals surface area (Å²) in [6, 6.07) is 9.74. The highest BCUT2D eigenvalue weighted by Crippen LogP contribution is 2.08. The van der Waals surface area contributed by atoms with Gasteiger partial charge >= 0.3 is 0 Å². The topological polar surface area (TPSA) is 93.9 Å². The van der Waals surface area contributed by atoms with Crippen LogP contribution in [-0.4, -0.2) is 21.0 Å². The van der Waals surface area contributed by atoms with Crippen molar-refractivity contribution in [2.45, 2.75) is 6.54 Å². The molecular formula is C12H13N5O. The third-order valence-electron chi connectivity index (χ3n) is 2.40. The molecule has 6 nitrogen and oxygen atoms in total. The van der Waals surface area contributed by atoms with Crippen LogP contribution in [0.5, 0.6) is 0 Å². The van der Waals surface area contributed by atoms with E-state index in [-0.39, 0.29) is 11.7 Å². The van der Waals surface area contributed by atoms with Gasteiger partial charge < -0.3 is 5.32 Å². The average Bonchev–Trinajstić information content (AvgIpc) is 2.45. The van der Waals surface area contributed by atoms with Gasteiger partial charge in [-0.2, -0.15) is 0 Å². The monoisotopic (exact) mass is 243 g/mol. The van der Waals surface area contributed by atoms with Crippen LogP contribution in [0.3, 0.4) is 0 Å². The second kappa shape index (κ2) is 5.74. The zero-order valence-electron chi connectivity index (χ0n) is 9.59. The van der Waals surface area contributed by atoms with Crippen LogP contribution in [-0.2, 0) is 6.54 Å². The van der Waals surface area contributed by atoms with Gasteiger partial charge in [0.15, 0.2) is 5.82 Å². The molecule has 1 heterocycles. The first kappa shape index (κ1) is 12.0. The molecule has 6 heteroatoms. The molecule has 0 amide bonds. The fraction of sp³-hybridized carbons (Fsp3) is 0.0833. The Labute approximate surface area is 104 Å². The van der Waals surface area contributed by atoms with Crippen LogP contribution in [0.25, 0.3) is 0 Å². The largest absolute Gasteiger partial charge is 0.366 e. The lowest BCUT2D eigenvalue weighted by molar-refractivity contribution is 0.385. The fourth-order valence-corrected chi connectivity index (χ4v) is 1.48. The molecule has 0 saturated carbocycles. The van der Waals surface area contributed by atoms with E-state index in [0.29, 0.717) is 12.1 Å². The molecular weight excluding hydrogens is 230 g/mol. The van der Waals surface area contributed by atoms with E-state index < -0.39 is 0 Å². The van der Waals surface area contributed by atoms with Gasteiger partial charge in [0.2, 0.25) is 0 Å². The summed E-state index contributed by atoms with van der Waals surface area (Å²) in [6.07, 6.45) is 2.76. The fourth-order valence-electron chi connectivity index (χ4n) is 1.48. The highest BCUT2D eigenvalue weighted by molar-refractivity contribution is 6.00. The molecule has 0 aliphatic heterocycles. The molecule has 0 radical (unpaired) electrons. The van der Waals surface area contributed by atoms with E-state index in [1.807, 2.05) is 35.8 Å². The lowest BCUT2D eigenvalue weighted by Gasteiger charge is -2.10. The molecule has 1 aromatic heterocycles. The maximum atomic E-state index is 8.89. The van der Waals surface area contributed by atoms with Gasteiger partial charge in [-0.15, -0.1) is 0 Å². The summed E-state index contributed by atoms with van der Waals surface area (Å²) in [4.78, 5) is 7.65. The summed E-state index contributed by atoms with van der Waals surface area (Å²) in [7, 11) is 0. The Morgan fingerprint density at radius 1 is 1.28 bits per heavy atom. The first-order chi connectivity index (χ1) is 8.81. The first-order valence-electron chi connectivity index (χ1n) is 5.38. The number of benzene rings is 1. The summed E-state index contributed by atoms with van der Waals surface area (Å²) < 4.78 is 0. The van der Waals surface area contributed by atoms with Crippen LogP contribution in [0.2, 0.25) is 0 Å². The molecule has 4 N–H and O–H groups in total. The van der Waals surface area contributed by atoms with Gasteiger partial charge in [0, 0.05) is 12.7 Å². The number of nitrogens with zero attached hydrogens (tertiary/aromatic N) is 2. The summed E-state index contributed by atoms with van der Waals surface area (Å²) in [5.74, 6) is 0.353. The van der Waals surface area contributed by atoms with E-state index in [1.54, 1.807) is 0 Å². The van der Waals surface area contributed by atoms with Crippen molar-refractivity contribution < 1.29 is 5.21 Å². The predicted molar refractivity (Wildman–Crippen MR) is 67.6 cm³/mol. The van der Waals surface area contributed by atoms with E-state index in [9.17, 15) is 0 Å². The Bertz CT molecular complexity index is 529. The molecule has 0 unspecified atom stereocenters. The minimum Gasteiger partial charge on any atom is -0.366 e. The second-order valence-corrected chi connectivity index (χ2v) is 3.61. The number of amidine groups is 1. The summed E-state index contributed by atoms with van der Waals surface area (Å²) >= 11 is 0. The highest BCUT2D eigenvalue weighted by atomic mass is 16.5. The van der Waals surface area contributed by atoms with Crippen LogP contribution in [0.1, 0.15) is 11.1 Å². The maximum Gasteiger partial charge on any atom is 0.163 e. The Balaban J connectivity index is 2.04. The summed E-state index contributed by atoms with van der Waals surface area (Å²) in [5.41, 5.74) is 3.42. The third-order valence-corrected chi connectivity index (χ3v) is 2.40. The highest BCUT2D eigenvalue weighted by Gasteiger charge is 2.08. The van der Waals surface area contributed by atoms with E-state index in [1.165, 1.54) is 12.5 Å². The number of nitrogens with one attached hydrogen (secondary N) is 3. The summed E-state index contributed by atoms with van der Waals surface area (Å²) in [6.45, 7) is 0.527. The quantitative estimate of drug-likeness (QED) is 0.370. The van der Waals surface area contributed by atoms with Gasteiger partial charge in [-0.1, -0.05) is 30.3 Å².